The highest BCUT2D eigenvalue weighted by Gasteiger charge is 2.24. The van der Waals surface area contributed by atoms with Gasteiger partial charge < -0.3 is 5.11 Å². The third kappa shape index (κ3) is 1.45. The lowest BCUT2D eigenvalue weighted by atomic mass is 9.95. The second-order valence-corrected chi connectivity index (χ2v) is 3.04. The SMILES string of the molecule is CC[C@@H]1CCC[C@H]1CO. The first kappa shape index (κ1) is 7.07. The predicted octanol–water partition coefficient (Wildman–Crippen LogP) is 1.81. The molecule has 0 radical (unpaired) electrons. The van der Waals surface area contributed by atoms with E-state index < -0.39 is 0 Å². The van der Waals surface area contributed by atoms with Crippen LogP contribution in [-0.2, 0) is 0 Å². The molecular formula is C8H16O. The Kier molecular flexibility index (Phi) is 2.52. The van der Waals surface area contributed by atoms with Crippen LogP contribution in [0.4, 0.5) is 0 Å². The van der Waals surface area contributed by atoms with Gasteiger partial charge in [-0.1, -0.05) is 26.2 Å². The van der Waals surface area contributed by atoms with Crippen molar-refractivity contribution in [3.8, 4) is 0 Å². The van der Waals surface area contributed by atoms with Crippen LogP contribution in [0.3, 0.4) is 0 Å². The molecule has 0 saturated heterocycles. The van der Waals surface area contributed by atoms with Crippen LogP contribution in [0.25, 0.3) is 0 Å². The molecule has 0 aromatic carbocycles. The monoisotopic (exact) mass is 128 g/mol. The van der Waals surface area contributed by atoms with Crippen molar-refractivity contribution in [2.75, 3.05) is 6.61 Å². The molecule has 9 heavy (non-hydrogen) atoms. The van der Waals surface area contributed by atoms with Gasteiger partial charge >= 0.3 is 0 Å². The van der Waals surface area contributed by atoms with Gasteiger partial charge in [0.05, 0.1) is 0 Å². The van der Waals surface area contributed by atoms with E-state index in [1.165, 1.54) is 25.7 Å². The van der Waals surface area contributed by atoms with E-state index in [-0.39, 0.29) is 0 Å². The minimum Gasteiger partial charge on any atom is -0.396 e. The van der Waals surface area contributed by atoms with Gasteiger partial charge in [-0.3, -0.25) is 0 Å². The molecule has 1 nitrogen and oxygen atoms in total. The van der Waals surface area contributed by atoms with E-state index in [2.05, 4.69) is 6.92 Å². The van der Waals surface area contributed by atoms with Gasteiger partial charge in [-0.05, 0) is 18.3 Å². The summed E-state index contributed by atoms with van der Waals surface area (Å²) in [4.78, 5) is 0. The molecule has 0 aromatic rings. The fourth-order valence-corrected chi connectivity index (χ4v) is 1.89. The zero-order valence-corrected chi connectivity index (χ0v) is 6.14. The Morgan fingerprint density at radius 1 is 1.33 bits per heavy atom. The van der Waals surface area contributed by atoms with Crippen LogP contribution in [0.15, 0.2) is 0 Å². The predicted molar refractivity (Wildman–Crippen MR) is 38.2 cm³/mol. The van der Waals surface area contributed by atoms with E-state index in [4.69, 9.17) is 5.11 Å². The molecule has 1 N–H and O–H groups in total. The topological polar surface area (TPSA) is 20.2 Å². The van der Waals surface area contributed by atoms with Crippen LogP contribution in [0.1, 0.15) is 32.6 Å². The first-order chi connectivity index (χ1) is 4.38. The van der Waals surface area contributed by atoms with Gasteiger partial charge in [-0.15, -0.1) is 0 Å². The van der Waals surface area contributed by atoms with Gasteiger partial charge in [-0.25, -0.2) is 0 Å². The molecule has 0 unspecified atom stereocenters. The molecule has 0 heterocycles. The summed E-state index contributed by atoms with van der Waals surface area (Å²) in [6.07, 6.45) is 5.20. The van der Waals surface area contributed by atoms with Gasteiger partial charge in [-0.2, -0.15) is 0 Å². The standard InChI is InChI=1S/C8H16O/c1-2-7-4-3-5-8(7)6-9/h7-9H,2-6H2,1H3/t7-,8+/m1/s1. The van der Waals surface area contributed by atoms with Crippen molar-refractivity contribution in [3.63, 3.8) is 0 Å². The van der Waals surface area contributed by atoms with Crippen molar-refractivity contribution < 1.29 is 5.11 Å². The summed E-state index contributed by atoms with van der Waals surface area (Å²) < 4.78 is 0. The lowest BCUT2D eigenvalue weighted by Gasteiger charge is -2.13. The molecule has 2 atom stereocenters. The van der Waals surface area contributed by atoms with Crippen LogP contribution in [-0.4, -0.2) is 11.7 Å². The lowest BCUT2D eigenvalue weighted by molar-refractivity contribution is 0.192. The van der Waals surface area contributed by atoms with Crippen molar-refractivity contribution in [3.05, 3.63) is 0 Å². The number of hydrogen-bond donors (Lipinski definition) is 1. The van der Waals surface area contributed by atoms with Crippen LogP contribution in [0.2, 0.25) is 0 Å². The Morgan fingerprint density at radius 2 is 2.00 bits per heavy atom. The summed E-state index contributed by atoms with van der Waals surface area (Å²) in [6, 6.07) is 0. The van der Waals surface area contributed by atoms with E-state index >= 15 is 0 Å². The maximum Gasteiger partial charge on any atom is 0.0461 e. The second kappa shape index (κ2) is 3.21. The van der Waals surface area contributed by atoms with Gasteiger partial charge in [0, 0.05) is 6.61 Å². The molecule has 1 aliphatic carbocycles. The molecule has 1 heteroatoms. The molecule has 0 aliphatic heterocycles. The smallest absolute Gasteiger partial charge is 0.0461 e. The number of rotatable bonds is 2. The summed E-state index contributed by atoms with van der Waals surface area (Å²) in [5, 5.41) is 8.87. The van der Waals surface area contributed by atoms with E-state index in [9.17, 15) is 0 Å². The maximum absolute atomic E-state index is 8.87. The fraction of sp³-hybridized carbons (Fsp3) is 1.00. The Balaban J connectivity index is 2.32. The molecule has 1 rings (SSSR count). The van der Waals surface area contributed by atoms with Crippen molar-refractivity contribution in [1.29, 1.82) is 0 Å². The van der Waals surface area contributed by atoms with Gasteiger partial charge in [0.1, 0.15) is 0 Å². The van der Waals surface area contributed by atoms with Crippen molar-refractivity contribution >= 4 is 0 Å². The highest BCUT2D eigenvalue weighted by Crippen LogP contribution is 2.33. The van der Waals surface area contributed by atoms with Crippen LogP contribution in [0.5, 0.6) is 0 Å². The molecule has 54 valence electrons. The number of hydrogen-bond acceptors (Lipinski definition) is 1. The van der Waals surface area contributed by atoms with Crippen molar-refractivity contribution in [1.82, 2.24) is 0 Å². The molecule has 1 fully saturated rings. The molecular weight excluding hydrogens is 112 g/mol. The zero-order chi connectivity index (χ0) is 6.69. The first-order valence-electron chi connectivity index (χ1n) is 3.99. The summed E-state index contributed by atoms with van der Waals surface area (Å²) >= 11 is 0. The molecule has 0 aromatic heterocycles. The van der Waals surface area contributed by atoms with Gasteiger partial charge in [0.2, 0.25) is 0 Å². The summed E-state index contributed by atoms with van der Waals surface area (Å²) in [7, 11) is 0. The summed E-state index contributed by atoms with van der Waals surface area (Å²) in [5.74, 6) is 1.46. The summed E-state index contributed by atoms with van der Waals surface area (Å²) in [6.45, 7) is 2.64. The Labute approximate surface area is 57.1 Å². The largest absolute Gasteiger partial charge is 0.396 e. The van der Waals surface area contributed by atoms with Crippen LogP contribution in [0, 0.1) is 11.8 Å². The Hall–Kier alpha value is -0.0400. The van der Waals surface area contributed by atoms with E-state index in [0.29, 0.717) is 12.5 Å². The second-order valence-electron chi connectivity index (χ2n) is 3.04. The van der Waals surface area contributed by atoms with Gasteiger partial charge in [0.25, 0.3) is 0 Å². The number of aliphatic hydroxyl groups excluding tert-OH is 1. The van der Waals surface area contributed by atoms with Gasteiger partial charge in [0.15, 0.2) is 0 Å². The Morgan fingerprint density at radius 3 is 2.44 bits per heavy atom. The maximum atomic E-state index is 8.87. The molecule has 1 aliphatic rings. The number of aliphatic hydroxyl groups is 1. The highest BCUT2D eigenvalue weighted by molar-refractivity contribution is 4.75. The molecule has 1 saturated carbocycles. The van der Waals surface area contributed by atoms with E-state index in [1.807, 2.05) is 0 Å². The minimum absolute atomic E-state index is 0.415. The fourth-order valence-electron chi connectivity index (χ4n) is 1.89. The van der Waals surface area contributed by atoms with Crippen LogP contribution >= 0.6 is 0 Å². The van der Waals surface area contributed by atoms with E-state index in [0.717, 1.165) is 5.92 Å². The van der Waals surface area contributed by atoms with E-state index in [1.54, 1.807) is 0 Å². The average molecular weight is 128 g/mol. The third-order valence-electron chi connectivity index (χ3n) is 2.58. The third-order valence-corrected chi connectivity index (χ3v) is 2.58. The van der Waals surface area contributed by atoms with Crippen LogP contribution < -0.4 is 0 Å². The van der Waals surface area contributed by atoms with Crippen molar-refractivity contribution in [2.24, 2.45) is 11.8 Å². The molecule has 0 spiro atoms. The van der Waals surface area contributed by atoms with Crippen molar-refractivity contribution in [2.45, 2.75) is 32.6 Å². The normalized spacial score (nSPS) is 35.3. The Bertz CT molecular complexity index is 70.6. The quantitative estimate of drug-likeness (QED) is 0.601. The average Bonchev–Trinajstić information content (AvgIpc) is 2.33. The molecule has 0 bridgehead atoms. The lowest BCUT2D eigenvalue weighted by Crippen LogP contribution is -2.10. The highest BCUT2D eigenvalue weighted by atomic mass is 16.3. The zero-order valence-electron chi connectivity index (χ0n) is 6.14. The first-order valence-corrected chi connectivity index (χ1v) is 3.99. The molecule has 0 amide bonds. The summed E-state index contributed by atoms with van der Waals surface area (Å²) in [5.41, 5.74) is 0. The minimum atomic E-state index is 0.415.